The molecule has 1 atom stereocenters. The van der Waals surface area contributed by atoms with Gasteiger partial charge in [0, 0.05) is 72.9 Å². The van der Waals surface area contributed by atoms with Crippen LogP contribution in [0.5, 0.6) is 0 Å². The number of thiophene rings is 1. The van der Waals surface area contributed by atoms with Crippen LogP contribution >= 0.6 is 22.9 Å². The first-order valence-corrected chi connectivity index (χ1v) is 20.0. The second-order valence-electron chi connectivity index (χ2n) is 14.3. The number of likely N-dealkylation sites (tertiary alicyclic amines) is 1. The van der Waals surface area contributed by atoms with Crippen LogP contribution in [0.2, 0.25) is 5.02 Å². The second kappa shape index (κ2) is 15.9. The minimum absolute atomic E-state index is 0.0742. The van der Waals surface area contributed by atoms with Crippen LogP contribution in [0.1, 0.15) is 79.6 Å². The number of allylic oxidation sites excluding steroid dienone is 1. The number of carbonyl (C=O) groups is 4. The Hall–Kier alpha value is -5.95. The summed E-state index contributed by atoms with van der Waals surface area (Å²) in [6, 6.07) is 11.9. The minimum Gasteiger partial charge on any atom is -0.389 e. The summed E-state index contributed by atoms with van der Waals surface area (Å²) in [7, 11) is 0. The zero-order valence-electron chi connectivity index (χ0n) is 31.3. The molecule has 0 bridgehead atoms. The summed E-state index contributed by atoms with van der Waals surface area (Å²) >= 11 is 7.76. The number of imide groups is 2. The van der Waals surface area contributed by atoms with E-state index in [9.17, 15) is 19.2 Å². The summed E-state index contributed by atoms with van der Waals surface area (Å²) in [5, 5.41) is 27.4. The van der Waals surface area contributed by atoms with Crippen LogP contribution < -0.4 is 16.0 Å². The van der Waals surface area contributed by atoms with Gasteiger partial charge in [-0.1, -0.05) is 41.6 Å². The molecule has 1 unspecified atom stereocenters. The lowest BCUT2D eigenvalue weighted by molar-refractivity contribution is -0.136. The summed E-state index contributed by atoms with van der Waals surface area (Å²) in [6.07, 6.45) is 4.88. The third kappa shape index (κ3) is 7.39. The summed E-state index contributed by atoms with van der Waals surface area (Å²) in [5.74, 6) is 5.96. The largest absolute Gasteiger partial charge is 0.389 e. The SMILES string of the molecule is Cc1c(C#C/C(C=N)=C/NCCN2CCC(Nc3cccc4c3C(=O)N(C3CCC(=O)NC3=O)C4=O)CC2)sc2c1C(c1ccc(Cl)cc1)=NCc1nnc(C)n1-2. The molecule has 2 fully saturated rings. The molecule has 0 saturated carbocycles. The van der Waals surface area contributed by atoms with Crippen molar-refractivity contribution in [1.82, 2.24) is 35.2 Å². The third-order valence-electron chi connectivity index (χ3n) is 10.7. The number of hydrogen-bond acceptors (Lipinski definition) is 12. The van der Waals surface area contributed by atoms with Crippen molar-refractivity contribution in [2.45, 2.75) is 58.2 Å². The van der Waals surface area contributed by atoms with E-state index >= 15 is 0 Å². The first kappa shape index (κ1) is 37.9. The van der Waals surface area contributed by atoms with Crippen molar-refractivity contribution in [3.63, 3.8) is 0 Å². The van der Waals surface area contributed by atoms with Crippen molar-refractivity contribution in [1.29, 1.82) is 5.41 Å². The van der Waals surface area contributed by atoms with Crippen molar-refractivity contribution in [3.05, 3.63) is 104 Å². The number of nitrogens with zero attached hydrogens (tertiary/aromatic N) is 6. The maximum absolute atomic E-state index is 13.5. The van der Waals surface area contributed by atoms with Crippen molar-refractivity contribution < 1.29 is 19.2 Å². The third-order valence-corrected chi connectivity index (χ3v) is 12.1. The van der Waals surface area contributed by atoms with Gasteiger partial charge in [-0.25, -0.2) is 0 Å². The zero-order chi connectivity index (χ0) is 39.8. The quantitative estimate of drug-likeness (QED) is 0.0827. The van der Waals surface area contributed by atoms with Crippen LogP contribution in [0.3, 0.4) is 0 Å². The van der Waals surface area contributed by atoms with E-state index in [1.54, 1.807) is 35.7 Å². The molecule has 4 N–H and O–H groups in total. The van der Waals surface area contributed by atoms with E-state index < -0.39 is 29.7 Å². The highest BCUT2D eigenvalue weighted by Crippen LogP contribution is 2.37. The van der Waals surface area contributed by atoms with Crippen molar-refractivity contribution in [3.8, 4) is 16.8 Å². The number of nitrogens with one attached hydrogen (secondary N) is 4. The van der Waals surface area contributed by atoms with Gasteiger partial charge < -0.3 is 20.9 Å². The number of piperidine rings is 2. The molecule has 290 valence electrons. The topological polar surface area (TPSA) is 178 Å². The van der Waals surface area contributed by atoms with Gasteiger partial charge in [0.05, 0.1) is 27.3 Å². The van der Waals surface area contributed by atoms with Gasteiger partial charge in [0.1, 0.15) is 23.4 Å². The number of rotatable bonds is 9. The Labute approximate surface area is 337 Å². The van der Waals surface area contributed by atoms with Gasteiger partial charge in [0.2, 0.25) is 11.8 Å². The van der Waals surface area contributed by atoms with Crippen LogP contribution in [0.15, 0.2) is 59.2 Å². The first-order valence-electron chi connectivity index (χ1n) is 18.8. The maximum atomic E-state index is 13.5. The summed E-state index contributed by atoms with van der Waals surface area (Å²) < 4.78 is 2.05. The van der Waals surface area contributed by atoms with Crippen molar-refractivity contribution >= 4 is 64.2 Å². The lowest BCUT2D eigenvalue weighted by Crippen LogP contribution is -2.54. The Balaban J connectivity index is 0.876. The lowest BCUT2D eigenvalue weighted by atomic mass is 10.00. The van der Waals surface area contributed by atoms with Crippen LogP contribution in [0, 0.1) is 31.1 Å². The van der Waals surface area contributed by atoms with E-state index in [0.717, 1.165) is 81.3 Å². The number of aromatic nitrogens is 3. The van der Waals surface area contributed by atoms with E-state index in [2.05, 4.69) is 42.9 Å². The molecule has 16 heteroatoms. The number of fused-ring (bicyclic) bond motifs is 4. The number of halogens is 1. The molecule has 2 aromatic heterocycles. The molecule has 4 aliphatic heterocycles. The minimum atomic E-state index is -1.00. The molecule has 6 heterocycles. The fourth-order valence-electron chi connectivity index (χ4n) is 7.70. The number of benzene rings is 2. The molecule has 4 aliphatic rings. The summed E-state index contributed by atoms with van der Waals surface area (Å²) in [5.41, 5.74) is 5.45. The van der Waals surface area contributed by atoms with E-state index in [4.69, 9.17) is 22.0 Å². The maximum Gasteiger partial charge on any atom is 0.264 e. The van der Waals surface area contributed by atoms with Crippen molar-refractivity contribution in [2.75, 3.05) is 31.5 Å². The number of aryl methyl sites for hydroxylation is 1. The van der Waals surface area contributed by atoms with Crippen LogP contribution in [-0.2, 0) is 16.1 Å². The molecule has 14 nitrogen and oxygen atoms in total. The Morgan fingerprint density at radius 3 is 2.58 bits per heavy atom. The Morgan fingerprint density at radius 2 is 1.82 bits per heavy atom. The molecule has 0 spiro atoms. The van der Waals surface area contributed by atoms with E-state index in [1.165, 1.54) is 6.21 Å². The zero-order valence-corrected chi connectivity index (χ0v) is 32.9. The second-order valence-corrected chi connectivity index (χ2v) is 15.7. The average molecular weight is 803 g/mol. The Kier molecular flexibility index (Phi) is 10.6. The molecule has 57 heavy (non-hydrogen) atoms. The smallest absolute Gasteiger partial charge is 0.264 e. The van der Waals surface area contributed by atoms with Gasteiger partial charge in [-0.2, -0.15) is 0 Å². The molecular formula is C41H39ClN10O4S. The van der Waals surface area contributed by atoms with E-state index in [1.807, 2.05) is 42.7 Å². The monoisotopic (exact) mass is 802 g/mol. The van der Waals surface area contributed by atoms with Crippen LogP contribution in [0.4, 0.5) is 5.69 Å². The summed E-state index contributed by atoms with van der Waals surface area (Å²) in [4.78, 5) is 60.1. The predicted molar refractivity (Wildman–Crippen MR) is 217 cm³/mol. The number of amides is 4. The number of hydrogen-bond donors (Lipinski definition) is 4. The van der Waals surface area contributed by atoms with Gasteiger partial charge in [0.25, 0.3) is 11.8 Å². The highest BCUT2D eigenvalue weighted by molar-refractivity contribution is 7.15. The lowest BCUT2D eigenvalue weighted by Gasteiger charge is -2.33. The number of anilines is 1. The Morgan fingerprint density at radius 1 is 1.04 bits per heavy atom. The molecule has 0 aliphatic carbocycles. The summed E-state index contributed by atoms with van der Waals surface area (Å²) in [6.45, 7) is 7.50. The van der Waals surface area contributed by atoms with Gasteiger partial charge in [-0.3, -0.25) is 39.0 Å². The van der Waals surface area contributed by atoms with Gasteiger partial charge in [-0.05, 0) is 62.9 Å². The van der Waals surface area contributed by atoms with Gasteiger partial charge >= 0.3 is 0 Å². The highest BCUT2D eigenvalue weighted by atomic mass is 35.5. The number of carbonyl (C=O) groups excluding carboxylic acids is 4. The van der Waals surface area contributed by atoms with Crippen LogP contribution in [0.25, 0.3) is 5.00 Å². The van der Waals surface area contributed by atoms with Crippen LogP contribution in [-0.4, -0.2) is 98.4 Å². The predicted octanol–water partition coefficient (Wildman–Crippen LogP) is 4.40. The van der Waals surface area contributed by atoms with E-state index in [0.29, 0.717) is 29.4 Å². The standard InChI is InChI=1S/C41H39ClN10O4S/c1-23-32(57-41-35(23)37(26-7-9-27(42)10-8-26)45-22-33-49-48-24(2)51(33)41)12-6-25(20-43)21-44-16-19-50-17-14-28(15-18-50)46-30-5-3-4-29-36(30)40(56)52(39(29)55)31-11-13-34(53)47-38(31)54/h3-5,7-10,20-21,28,31,43-44,46H,11,13-19,22H2,1-2H3,(H,47,53,54)/b25-21-,43-20?. The molecular weight excluding hydrogens is 764 g/mol. The molecule has 0 radical (unpaired) electrons. The normalized spacial score (nSPS) is 18.5. The molecule has 8 rings (SSSR count). The highest BCUT2D eigenvalue weighted by Gasteiger charge is 2.45. The first-order chi connectivity index (χ1) is 27.6. The van der Waals surface area contributed by atoms with Gasteiger partial charge in [0.15, 0.2) is 5.82 Å². The molecule has 4 aromatic rings. The van der Waals surface area contributed by atoms with Crippen molar-refractivity contribution in [2.24, 2.45) is 4.99 Å². The molecule has 4 amide bonds. The Bertz CT molecular complexity index is 2450. The molecule has 2 aromatic carbocycles. The fourth-order valence-corrected chi connectivity index (χ4v) is 9.06. The average Bonchev–Trinajstić information content (AvgIpc) is 3.77. The number of aliphatic imine (C=N–C) groups is 1. The van der Waals surface area contributed by atoms with E-state index in [-0.39, 0.29) is 30.0 Å². The molecule has 2 saturated heterocycles. The van der Waals surface area contributed by atoms with Gasteiger partial charge in [-0.15, -0.1) is 21.5 Å². The fraction of sp³-hybridized carbons (Fsp3) is 0.317.